The van der Waals surface area contributed by atoms with E-state index < -0.39 is 17.8 Å². The minimum atomic E-state index is -0.972. The SMILES string of the molecule is NC(=O)N1C(=O)C(=COCc2cccs2)c2cc(F)c(Cl)cc21. The van der Waals surface area contributed by atoms with Gasteiger partial charge in [0, 0.05) is 10.4 Å². The molecule has 0 aliphatic carbocycles. The van der Waals surface area contributed by atoms with E-state index in [1.165, 1.54) is 23.7 Å². The Morgan fingerprint density at radius 2 is 2.26 bits per heavy atom. The second kappa shape index (κ2) is 6.02. The smallest absolute Gasteiger partial charge is 0.326 e. The van der Waals surface area contributed by atoms with Gasteiger partial charge in [-0.05, 0) is 23.6 Å². The van der Waals surface area contributed by atoms with Gasteiger partial charge >= 0.3 is 6.03 Å². The topological polar surface area (TPSA) is 72.6 Å². The van der Waals surface area contributed by atoms with Gasteiger partial charge in [-0.1, -0.05) is 17.7 Å². The minimum absolute atomic E-state index is 0.0472. The Bertz CT molecular complexity index is 820. The molecule has 3 amide bonds. The number of ether oxygens (including phenoxy) is 1. The van der Waals surface area contributed by atoms with Crippen molar-refractivity contribution in [3.8, 4) is 0 Å². The van der Waals surface area contributed by atoms with Crippen LogP contribution in [0.15, 0.2) is 35.9 Å². The van der Waals surface area contributed by atoms with Crippen LogP contribution >= 0.6 is 22.9 Å². The summed E-state index contributed by atoms with van der Waals surface area (Å²) in [7, 11) is 0. The van der Waals surface area contributed by atoms with Gasteiger partial charge in [0.15, 0.2) is 0 Å². The fourth-order valence-electron chi connectivity index (χ4n) is 2.22. The molecule has 23 heavy (non-hydrogen) atoms. The molecule has 1 aliphatic heterocycles. The Morgan fingerprint density at radius 3 is 2.91 bits per heavy atom. The van der Waals surface area contributed by atoms with Crippen molar-refractivity contribution < 1.29 is 18.7 Å². The Hall–Kier alpha value is -2.38. The Kier molecular flexibility index (Phi) is 4.06. The van der Waals surface area contributed by atoms with E-state index in [2.05, 4.69) is 0 Å². The van der Waals surface area contributed by atoms with Crippen molar-refractivity contribution in [3.63, 3.8) is 0 Å². The molecule has 1 aromatic carbocycles. The molecule has 0 spiro atoms. The van der Waals surface area contributed by atoms with Crippen LogP contribution in [0.3, 0.4) is 0 Å². The minimum Gasteiger partial charge on any atom is -0.495 e. The molecule has 2 aromatic rings. The summed E-state index contributed by atoms with van der Waals surface area (Å²) in [5.41, 5.74) is 5.62. The summed E-state index contributed by atoms with van der Waals surface area (Å²) < 4.78 is 19.1. The van der Waals surface area contributed by atoms with E-state index in [0.29, 0.717) is 0 Å². The zero-order chi connectivity index (χ0) is 16.6. The second-order valence-corrected chi connectivity index (χ2v) is 6.12. The highest BCUT2D eigenvalue weighted by Gasteiger charge is 2.37. The molecule has 0 saturated carbocycles. The van der Waals surface area contributed by atoms with Gasteiger partial charge in [-0.15, -0.1) is 11.3 Å². The predicted octanol–water partition coefficient (Wildman–Crippen LogP) is 3.52. The number of carbonyl (C=O) groups is 2. The number of carbonyl (C=O) groups excluding carboxylic acids is 2. The lowest BCUT2D eigenvalue weighted by molar-refractivity contribution is -0.112. The Morgan fingerprint density at radius 1 is 1.48 bits per heavy atom. The predicted molar refractivity (Wildman–Crippen MR) is 85.6 cm³/mol. The zero-order valence-electron chi connectivity index (χ0n) is 11.6. The van der Waals surface area contributed by atoms with Crippen LogP contribution in [0.5, 0.6) is 0 Å². The number of nitrogens with zero attached hydrogens (tertiary/aromatic N) is 1. The largest absolute Gasteiger partial charge is 0.495 e. The van der Waals surface area contributed by atoms with Gasteiger partial charge in [0.25, 0.3) is 5.91 Å². The van der Waals surface area contributed by atoms with E-state index in [1.54, 1.807) is 0 Å². The molecule has 0 unspecified atom stereocenters. The quantitative estimate of drug-likeness (QED) is 0.678. The molecule has 0 radical (unpaired) electrons. The van der Waals surface area contributed by atoms with E-state index >= 15 is 0 Å². The first kappa shape index (κ1) is 15.5. The molecule has 0 fully saturated rings. The number of rotatable bonds is 3. The summed E-state index contributed by atoms with van der Waals surface area (Å²) in [5, 5.41) is 1.69. The van der Waals surface area contributed by atoms with E-state index in [9.17, 15) is 14.0 Å². The summed E-state index contributed by atoms with van der Waals surface area (Å²) in [6.45, 7) is 0.260. The van der Waals surface area contributed by atoms with Crippen LogP contribution in [0.4, 0.5) is 14.9 Å². The molecular weight excluding hydrogens is 343 g/mol. The molecule has 2 heterocycles. The lowest BCUT2D eigenvalue weighted by atomic mass is 10.1. The van der Waals surface area contributed by atoms with Crippen molar-refractivity contribution in [2.45, 2.75) is 6.61 Å². The van der Waals surface area contributed by atoms with Crippen molar-refractivity contribution in [2.24, 2.45) is 5.73 Å². The van der Waals surface area contributed by atoms with Gasteiger partial charge < -0.3 is 10.5 Å². The number of fused-ring (bicyclic) bond motifs is 1. The molecule has 2 N–H and O–H groups in total. The first-order valence-corrected chi connectivity index (χ1v) is 7.72. The van der Waals surface area contributed by atoms with Crippen molar-refractivity contribution in [1.82, 2.24) is 0 Å². The van der Waals surface area contributed by atoms with E-state index in [4.69, 9.17) is 22.1 Å². The van der Waals surface area contributed by atoms with Crippen LogP contribution in [0.2, 0.25) is 5.02 Å². The van der Waals surface area contributed by atoms with Crippen molar-refractivity contribution >= 4 is 46.1 Å². The summed E-state index contributed by atoms with van der Waals surface area (Å²) in [5.74, 6) is -1.38. The molecular formula is C15H10ClFN2O3S. The number of hydrogen-bond acceptors (Lipinski definition) is 4. The number of anilines is 1. The van der Waals surface area contributed by atoms with Gasteiger partial charge in [-0.3, -0.25) is 4.79 Å². The van der Waals surface area contributed by atoms with Crippen LogP contribution in [0.25, 0.3) is 5.57 Å². The second-order valence-electron chi connectivity index (χ2n) is 4.68. The summed E-state index contributed by atoms with van der Waals surface area (Å²) in [6, 6.07) is 5.05. The van der Waals surface area contributed by atoms with Crippen LogP contribution in [-0.2, 0) is 16.1 Å². The molecule has 1 aliphatic rings. The van der Waals surface area contributed by atoms with Gasteiger partial charge in [-0.2, -0.15) is 0 Å². The fourth-order valence-corrected chi connectivity index (χ4v) is 3.00. The first-order chi connectivity index (χ1) is 11.0. The van der Waals surface area contributed by atoms with Gasteiger partial charge in [0.2, 0.25) is 0 Å². The summed E-state index contributed by atoms with van der Waals surface area (Å²) in [4.78, 5) is 25.5. The van der Waals surface area contributed by atoms with Crippen LogP contribution in [0.1, 0.15) is 10.4 Å². The molecule has 0 atom stereocenters. The van der Waals surface area contributed by atoms with E-state index in [-0.39, 0.29) is 28.5 Å². The molecule has 3 rings (SSSR count). The van der Waals surface area contributed by atoms with Crippen LogP contribution in [0, 0.1) is 5.82 Å². The Labute approximate surface area is 139 Å². The number of primary amides is 1. The summed E-state index contributed by atoms with van der Waals surface area (Å²) in [6.07, 6.45) is 1.21. The standard InChI is InChI=1S/C15H10ClFN2O3S/c16-11-5-13-9(4-12(11)17)10(14(20)19(13)15(18)21)7-22-6-8-2-1-3-23-8/h1-5,7H,6H2,(H2,18,21). The fraction of sp³-hybridized carbons (Fsp3) is 0.0667. The number of urea groups is 1. The number of halogens is 2. The molecule has 0 saturated heterocycles. The van der Waals surface area contributed by atoms with E-state index in [1.807, 2.05) is 17.5 Å². The number of imide groups is 1. The molecule has 118 valence electrons. The van der Waals surface area contributed by atoms with Crippen LogP contribution in [-0.4, -0.2) is 11.9 Å². The van der Waals surface area contributed by atoms with Crippen molar-refractivity contribution in [1.29, 1.82) is 0 Å². The number of nitrogens with two attached hydrogens (primary N) is 1. The molecule has 8 heteroatoms. The third-order valence-corrected chi connectivity index (χ3v) is 4.37. The third kappa shape index (κ3) is 2.80. The first-order valence-electron chi connectivity index (χ1n) is 6.46. The maximum absolute atomic E-state index is 13.7. The number of thiophene rings is 1. The highest BCUT2D eigenvalue weighted by atomic mass is 35.5. The van der Waals surface area contributed by atoms with Gasteiger partial charge in [0.05, 0.1) is 22.5 Å². The van der Waals surface area contributed by atoms with E-state index in [0.717, 1.165) is 15.8 Å². The highest BCUT2D eigenvalue weighted by molar-refractivity contribution is 7.09. The molecule has 0 bridgehead atoms. The third-order valence-electron chi connectivity index (χ3n) is 3.23. The maximum Gasteiger partial charge on any atom is 0.326 e. The average Bonchev–Trinajstić information content (AvgIpc) is 3.08. The van der Waals surface area contributed by atoms with Crippen molar-refractivity contribution in [3.05, 3.63) is 57.2 Å². The van der Waals surface area contributed by atoms with Gasteiger partial charge in [0.1, 0.15) is 12.4 Å². The number of amides is 3. The molecule has 5 nitrogen and oxygen atoms in total. The average molecular weight is 353 g/mol. The molecule has 1 aromatic heterocycles. The van der Waals surface area contributed by atoms with Crippen LogP contribution < -0.4 is 10.6 Å². The summed E-state index contributed by atoms with van der Waals surface area (Å²) >= 11 is 7.22. The highest BCUT2D eigenvalue weighted by Crippen LogP contribution is 2.39. The number of hydrogen-bond donors (Lipinski definition) is 1. The van der Waals surface area contributed by atoms with Crippen molar-refractivity contribution in [2.75, 3.05) is 4.90 Å². The monoisotopic (exact) mass is 352 g/mol. The van der Waals surface area contributed by atoms with Gasteiger partial charge in [-0.25, -0.2) is 14.1 Å². The Balaban J connectivity index is 1.96. The normalized spacial score (nSPS) is 15.1. The lowest BCUT2D eigenvalue weighted by Crippen LogP contribution is -2.37. The lowest BCUT2D eigenvalue weighted by Gasteiger charge is -2.11. The number of benzene rings is 1. The maximum atomic E-state index is 13.7. The zero-order valence-corrected chi connectivity index (χ0v) is 13.2.